The molecule has 30 heavy (non-hydrogen) atoms. The largest absolute Gasteiger partial charge is 0.494 e. The summed E-state index contributed by atoms with van der Waals surface area (Å²) < 4.78 is 13.4. The van der Waals surface area contributed by atoms with E-state index < -0.39 is 14.2 Å². The number of hydrogen-bond donors (Lipinski definition) is 2. The maximum absolute atomic E-state index is 8.98. The molecule has 0 bridgehead atoms. The van der Waals surface area contributed by atoms with E-state index in [0.29, 0.717) is 21.1 Å². The van der Waals surface area contributed by atoms with Gasteiger partial charge >= 0.3 is 14.2 Å². The van der Waals surface area contributed by atoms with Crippen molar-refractivity contribution < 1.29 is 19.4 Å². The maximum atomic E-state index is 8.98. The van der Waals surface area contributed by atoms with Crippen LogP contribution in [-0.4, -0.2) is 35.5 Å². The normalized spacial score (nSPS) is 16.1. The minimum atomic E-state index is -1.53. The first kappa shape index (κ1) is 24.6. The third kappa shape index (κ3) is 5.95. The van der Waals surface area contributed by atoms with E-state index in [-0.39, 0.29) is 11.2 Å². The SMILES string of the molecule is CC1(C)OB(c2cc(Br)cc(C#N)c2)OC1(C)C.N#Cc1cc(Br)cc(B(O)O)c1. The van der Waals surface area contributed by atoms with Crippen LogP contribution in [0, 0.1) is 22.7 Å². The lowest BCUT2D eigenvalue weighted by Gasteiger charge is -2.32. The van der Waals surface area contributed by atoms with Crippen LogP contribution >= 0.6 is 31.9 Å². The van der Waals surface area contributed by atoms with Crippen LogP contribution in [0.15, 0.2) is 45.3 Å². The standard InChI is InChI=1S/C13H15BBrNO2.C7H5BBrNO2/c1-12(2)13(3,4)18-14(17-12)10-5-9(8-16)6-11(15)7-10;9-7-2-5(4-10)1-6(3-7)8(11)12/h5-7H,1-4H3;1-3,11-12H. The van der Waals surface area contributed by atoms with E-state index in [1.807, 2.05) is 39.8 Å². The molecule has 0 unspecified atom stereocenters. The fraction of sp³-hybridized carbons (Fsp3) is 0.300. The van der Waals surface area contributed by atoms with Crippen LogP contribution in [0.1, 0.15) is 38.8 Å². The van der Waals surface area contributed by atoms with Crippen LogP contribution in [0.25, 0.3) is 0 Å². The van der Waals surface area contributed by atoms with Crippen molar-refractivity contribution in [3.63, 3.8) is 0 Å². The average molecular weight is 534 g/mol. The molecule has 2 aromatic carbocycles. The number of hydrogen-bond acceptors (Lipinski definition) is 6. The molecule has 0 aliphatic carbocycles. The van der Waals surface area contributed by atoms with E-state index >= 15 is 0 Å². The lowest BCUT2D eigenvalue weighted by Crippen LogP contribution is -2.41. The van der Waals surface area contributed by atoms with Crippen LogP contribution in [-0.2, 0) is 9.31 Å². The van der Waals surface area contributed by atoms with Crippen molar-refractivity contribution in [3.8, 4) is 12.1 Å². The topological polar surface area (TPSA) is 106 Å². The van der Waals surface area contributed by atoms with Gasteiger partial charge in [0.15, 0.2) is 0 Å². The molecule has 0 aromatic heterocycles. The zero-order valence-corrected chi connectivity index (χ0v) is 20.2. The molecule has 0 radical (unpaired) electrons. The summed E-state index contributed by atoms with van der Waals surface area (Å²) in [5, 5.41) is 35.1. The molecule has 1 fully saturated rings. The summed E-state index contributed by atoms with van der Waals surface area (Å²) in [5.41, 5.74) is 1.42. The highest BCUT2D eigenvalue weighted by molar-refractivity contribution is 9.10. The zero-order valence-electron chi connectivity index (χ0n) is 17.0. The Labute approximate surface area is 194 Å². The van der Waals surface area contributed by atoms with Crippen LogP contribution in [0.3, 0.4) is 0 Å². The van der Waals surface area contributed by atoms with Gasteiger partial charge in [-0.3, -0.25) is 0 Å². The highest BCUT2D eigenvalue weighted by atomic mass is 79.9. The van der Waals surface area contributed by atoms with E-state index in [9.17, 15) is 0 Å². The fourth-order valence-corrected chi connectivity index (χ4v) is 3.64. The maximum Gasteiger partial charge on any atom is 0.494 e. The van der Waals surface area contributed by atoms with Crippen molar-refractivity contribution in [2.75, 3.05) is 0 Å². The first-order valence-corrected chi connectivity index (χ1v) is 10.6. The van der Waals surface area contributed by atoms with Gasteiger partial charge in [0.05, 0.1) is 34.5 Å². The summed E-state index contributed by atoms with van der Waals surface area (Å²) in [4.78, 5) is 0. The molecule has 0 spiro atoms. The third-order valence-corrected chi connectivity index (χ3v) is 5.84. The summed E-state index contributed by atoms with van der Waals surface area (Å²) in [7, 11) is -1.96. The zero-order chi connectivity index (χ0) is 22.7. The van der Waals surface area contributed by atoms with Gasteiger partial charge in [-0.2, -0.15) is 10.5 Å². The van der Waals surface area contributed by atoms with Crippen LogP contribution < -0.4 is 10.9 Å². The summed E-state index contributed by atoms with van der Waals surface area (Å²) in [6.45, 7) is 8.04. The van der Waals surface area contributed by atoms with E-state index in [2.05, 4.69) is 37.9 Å². The van der Waals surface area contributed by atoms with Gasteiger partial charge in [0, 0.05) is 8.95 Å². The molecule has 10 heteroatoms. The molecule has 1 saturated heterocycles. The number of halogens is 2. The second kappa shape index (κ2) is 9.65. The lowest BCUT2D eigenvalue weighted by molar-refractivity contribution is 0.00578. The quantitative estimate of drug-likeness (QED) is 0.575. The second-order valence-corrected chi connectivity index (χ2v) is 9.56. The van der Waals surface area contributed by atoms with Crippen molar-refractivity contribution >= 4 is 57.0 Å². The van der Waals surface area contributed by atoms with Crippen molar-refractivity contribution in [2.24, 2.45) is 0 Å². The molecule has 6 nitrogen and oxygen atoms in total. The monoisotopic (exact) mass is 532 g/mol. The van der Waals surface area contributed by atoms with Gasteiger partial charge in [-0.1, -0.05) is 31.9 Å². The smallest absolute Gasteiger partial charge is 0.423 e. The van der Waals surface area contributed by atoms with E-state index in [4.69, 9.17) is 29.9 Å². The Morgan fingerprint density at radius 2 is 1.30 bits per heavy atom. The molecule has 3 rings (SSSR count). The number of benzene rings is 2. The predicted molar refractivity (Wildman–Crippen MR) is 123 cm³/mol. The Kier molecular flexibility index (Phi) is 7.92. The van der Waals surface area contributed by atoms with Gasteiger partial charge in [-0.05, 0) is 75.0 Å². The molecule has 1 aliphatic heterocycles. The van der Waals surface area contributed by atoms with Gasteiger partial charge in [-0.25, -0.2) is 0 Å². The Balaban J connectivity index is 0.000000232. The predicted octanol–water partition coefficient (Wildman–Crippen LogP) is 2.62. The number of nitrogens with zero attached hydrogens (tertiary/aromatic N) is 2. The van der Waals surface area contributed by atoms with Crippen LogP contribution in [0.2, 0.25) is 0 Å². The van der Waals surface area contributed by atoms with Crippen molar-refractivity contribution in [3.05, 3.63) is 56.5 Å². The average Bonchev–Trinajstić information content (AvgIpc) is 2.88. The minimum absolute atomic E-state index is 0.306. The Hall–Kier alpha value is -1.65. The lowest BCUT2D eigenvalue weighted by atomic mass is 9.78. The Bertz CT molecular complexity index is 1000. The summed E-state index contributed by atoms with van der Waals surface area (Å²) in [5.74, 6) is 0. The minimum Gasteiger partial charge on any atom is -0.423 e. The second-order valence-electron chi connectivity index (χ2n) is 7.73. The van der Waals surface area contributed by atoms with Crippen molar-refractivity contribution in [1.82, 2.24) is 0 Å². The fourth-order valence-electron chi connectivity index (χ4n) is 2.62. The van der Waals surface area contributed by atoms with Crippen LogP contribution in [0.4, 0.5) is 0 Å². The van der Waals surface area contributed by atoms with Crippen molar-refractivity contribution in [1.29, 1.82) is 10.5 Å². The van der Waals surface area contributed by atoms with Crippen LogP contribution in [0.5, 0.6) is 0 Å². The highest BCUT2D eigenvalue weighted by Crippen LogP contribution is 2.36. The molecule has 1 heterocycles. The summed E-state index contributed by atoms with van der Waals surface area (Å²) in [6.07, 6.45) is 0. The van der Waals surface area contributed by atoms with Crippen molar-refractivity contribution in [2.45, 2.75) is 38.9 Å². The molecule has 2 aromatic rings. The van der Waals surface area contributed by atoms with Gasteiger partial charge in [-0.15, -0.1) is 0 Å². The van der Waals surface area contributed by atoms with Gasteiger partial charge in [0.25, 0.3) is 0 Å². The first-order valence-electron chi connectivity index (χ1n) is 9.01. The number of nitriles is 2. The summed E-state index contributed by atoms with van der Waals surface area (Å²) >= 11 is 6.54. The molecular formula is C20H20B2Br2N2O4. The molecule has 0 atom stereocenters. The van der Waals surface area contributed by atoms with Gasteiger partial charge in [0.2, 0.25) is 0 Å². The molecule has 1 aliphatic rings. The Morgan fingerprint density at radius 1 is 0.833 bits per heavy atom. The molecular weight excluding hydrogens is 514 g/mol. The third-order valence-electron chi connectivity index (χ3n) is 4.92. The molecule has 0 saturated carbocycles. The summed E-state index contributed by atoms with van der Waals surface area (Å²) in [6, 6.07) is 14.1. The molecule has 2 N–H and O–H groups in total. The Morgan fingerprint density at radius 3 is 1.77 bits per heavy atom. The first-order chi connectivity index (χ1) is 13.9. The number of rotatable bonds is 2. The highest BCUT2D eigenvalue weighted by Gasteiger charge is 2.51. The van der Waals surface area contributed by atoms with E-state index in [0.717, 1.165) is 9.94 Å². The molecule has 0 amide bonds. The van der Waals surface area contributed by atoms with Gasteiger partial charge in [0.1, 0.15) is 0 Å². The van der Waals surface area contributed by atoms with Gasteiger partial charge < -0.3 is 19.4 Å². The van der Waals surface area contributed by atoms with E-state index in [1.54, 1.807) is 24.3 Å². The van der Waals surface area contributed by atoms with E-state index in [1.165, 1.54) is 6.07 Å². The molecule has 154 valence electrons.